The number of rotatable bonds is 9. The third kappa shape index (κ3) is 5.67. The fourth-order valence-electron chi connectivity index (χ4n) is 4.24. The first-order valence-corrected chi connectivity index (χ1v) is 11.5. The minimum absolute atomic E-state index is 0.126. The minimum Gasteiger partial charge on any atom is -0.354 e. The molecule has 1 heterocycles. The standard InChI is InChI=1S/C29H32N2O/c1-22-12-15-25(16-13-22)20-31-21-26(27-10-6-7-11-28(27)31)18-19-29(32)30-23(2)14-17-24-8-4-3-5-9-24/h3-13,15-16,21,23H,14,17-20H2,1-2H3,(H,30,32). The molecule has 0 radical (unpaired) electrons. The van der Waals surface area contributed by atoms with E-state index in [1.165, 1.54) is 33.2 Å². The van der Waals surface area contributed by atoms with E-state index in [-0.39, 0.29) is 11.9 Å². The van der Waals surface area contributed by atoms with Crippen LogP contribution in [-0.2, 0) is 24.2 Å². The zero-order valence-corrected chi connectivity index (χ0v) is 19.1. The summed E-state index contributed by atoms with van der Waals surface area (Å²) in [5.74, 6) is 0.126. The highest BCUT2D eigenvalue weighted by Crippen LogP contribution is 2.24. The molecule has 1 unspecified atom stereocenters. The molecule has 0 bridgehead atoms. The number of para-hydroxylation sites is 1. The summed E-state index contributed by atoms with van der Waals surface area (Å²) in [6.07, 6.45) is 5.41. The fourth-order valence-corrected chi connectivity index (χ4v) is 4.24. The Kier molecular flexibility index (Phi) is 7.06. The molecule has 0 aliphatic carbocycles. The van der Waals surface area contributed by atoms with Crippen LogP contribution in [0.4, 0.5) is 0 Å². The van der Waals surface area contributed by atoms with Crippen molar-refractivity contribution >= 4 is 16.8 Å². The normalized spacial score (nSPS) is 12.1. The number of benzene rings is 3. The van der Waals surface area contributed by atoms with Gasteiger partial charge in [-0.05, 0) is 55.9 Å². The van der Waals surface area contributed by atoms with Gasteiger partial charge in [0.1, 0.15) is 0 Å². The summed E-state index contributed by atoms with van der Waals surface area (Å²) in [6, 6.07) is 27.8. The third-order valence-electron chi connectivity index (χ3n) is 6.08. The first kappa shape index (κ1) is 21.9. The number of carbonyl (C=O) groups is 1. The summed E-state index contributed by atoms with van der Waals surface area (Å²) in [5.41, 5.74) is 6.33. The molecule has 0 saturated carbocycles. The number of hydrogen-bond acceptors (Lipinski definition) is 1. The summed E-state index contributed by atoms with van der Waals surface area (Å²) in [7, 11) is 0. The average molecular weight is 425 g/mol. The summed E-state index contributed by atoms with van der Waals surface area (Å²) in [6.45, 7) is 5.04. The van der Waals surface area contributed by atoms with E-state index >= 15 is 0 Å². The molecule has 0 spiro atoms. The van der Waals surface area contributed by atoms with Crippen LogP contribution in [0.2, 0.25) is 0 Å². The van der Waals surface area contributed by atoms with Crippen molar-refractivity contribution < 1.29 is 4.79 Å². The topological polar surface area (TPSA) is 34.0 Å². The minimum atomic E-state index is 0.126. The van der Waals surface area contributed by atoms with Crippen molar-refractivity contribution in [2.45, 2.75) is 52.1 Å². The molecule has 4 aromatic rings. The van der Waals surface area contributed by atoms with E-state index in [1.807, 2.05) is 6.07 Å². The first-order valence-electron chi connectivity index (χ1n) is 11.5. The monoisotopic (exact) mass is 424 g/mol. The molecule has 0 aliphatic rings. The van der Waals surface area contributed by atoms with Gasteiger partial charge in [-0.3, -0.25) is 4.79 Å². The van der Waals surface area contributed by atoms with Crippen molar-refractivity contribution in [1.29, 1.82) is 0 Å². The summed E-state index contributed by atoms with van der Waals surface area (Å²) in [4.78, 5) is 12.6. The zero-order valence-electron chi connectivity index (χ0n) is 19.1. The Labute approximate surface area is 191 Å². The van der Waals surface area contributed by atoms with Crippen LogP contribution in [0.1, 0.15) is 42.0 Å². The van der Waals surface area contributed by atoms with E-state index in [4.69, 9.17) is 0 Å². The Bertz CT molecular complexity index is 1160. The van der Waals surface area contributed by atoms with Gasteiger partial charge < -0.3 is 9.88 Å². The van der Waals surface area contributed by atoms with Crippen LogP contribution in [0.15, 0.2) is 85.1 Å². The second kappa shape index (κ2) is 10.3. The maximum Gasteiger partial charge on any atom is 0.220 e. The maximum atomic E-state index is 12.6. The first-order chi connectivity index (χ1) is 15.6. The van der Waals surface area contributed by atoms with Crippen molar-refractivity contribution in [3.8, 4) is 0 Å². The lowest BCUT2D eigenvalue weighted by Crippen LogP contribution is -2.33. The molecule has 4 rings (SSSR count). The van der Waals surface area contributed by atoms with Gasteiger partial charge in [0.25, 0.3) is 0 Å². The molecule has 3 nitrogen and oxygen atoms in total. The van der Waals surface area contributed by atoms with Gasteiger partial charge in [-0.15, -0.1) is 0 Å². The molecular formula is C29H32N2O. The van der Waals surface area contributed by atoms with Crippen molar-refractivity contribution in [3.05, 3.63) is 107 Å². The van der Waals surface area contributed by atoms with Crippen LogP contribution < -0.4 is 5.32 Å². The van der Waals surface area contributed by atoms with Gasteiger partial charge in [0, 0.05) is 36.1 Å². The van der Waals surface area contributed by atoms with Crippen molar-refractivity contribution in [2.24, 2.45) is 0 Å². The van der Waals surface area contributed by atoms with E-state index in [0.717, 1.165) is 25.8 Å². The Balaban J connectivity index is 1.36. The van der Waals surface area contributed by atoms with E-state index in [0.29, 0.717) is 6.42 Å². The number of aryl methyl sites for hydroxylation is 3. The maximum absolute atomic E-state index is 12.6. The van der Waals surface area contributed by atoms with Gasteiger partial charge in [0.05, 0.1) is 0 Å². The van der Waals surface area contributed by atoms with Crippen molar-refractivity contribution in [2.75, 3.05) is 0 Å². The largest absolute Gasteiger partial charge is 0.354 e. The van der Waals surface area contributed by atoms with E-state index in [1.54, 1.807) is 0 Å². The Hall–Kier alpha value is -3.33. The fraction of sp³-hybridized carbons (Fsp3) is 0.276. The quantitative estimate of drug-likeness (QED) is 0.348. The van der Waals surface area contributed by atoms with Gasteiger partial charge in [0.15, 0.2) is 0 Å². The van der Waals surface area contributed by atoms with Gasteiger partial charge in [-0.2, -0.15) is 0 Å². The number of fused-ring (bicyclic) bond motifs is 1. The third-order valence-corrected chi connectivity index (χ3v) is 6.08. The number of nitrogens with zero attached hydrogens (tertiary/aromatic N) is 1. The lowest BCUT2D eigenvalue weighted by atomic mass is 10.1. The van der Waals surface area contributed by atoms with E-state index in [2.05, 4.69) is 103 Å². The molecule has 3 aromatic carbocycles. The van der Waals surface area contributed by atoms with Crippen LogP contribution in [0.5, 0.6) is 0 Å². The zero-order chi connectivity index (χ0) is 22.3. The lowest BCUT2D eigenvalue weighted by Gasteiger charge is -2.14. The average Bonchev–Trinajstić information content (AvgIpc) is 3.16. The SMILES string of the molecule is Cc1ccc(Cn2cc(CCC(=O)NC(C)CCc3ccccc3)c3ccccc32)cc1. The molecule has 0 saturated heterocycles. The summed E-state index contributed by atoms with van der Waals surface area (Å²) in [5, 5.41) is 4.41. The second-order valence-corrected chi connectivity index (χ2v) is 8.78. The van der Waals surface area contributed by atoms with Gasteiger partial charge >= 0.3 is 0 Å². The molecule has 1 amide bonds. The number of aromatic nitrogens is 1. The van der Waals surface area contributed by atoms with Crippen molar-refractivity contribution in [3.63, 3.8) is 0 Å². The highest BCUT2D eigenvalue weighted by Gasteiger charge is 2.12. The Morgan fingerprint density at radius 1 is 0.875 bits per heavy atom. The highest BCUT2D eigenvalue weighted by molar-refractivity contribution is 5.85. The number of amides is 1. The molecular weight excluding hydrogens is 392 g/mol. The lowest BCUT2D eigenvalue weighted by molar-refractivity contribution is -0.121. The molecule has 0 fully saturated rings. The van der Waals surface area contributed by atoms with Crippen LogP contribution in [-0.4, -0.2) is 16.5 Å². The van der Waals surface area contributed by atoms with Gasteiger partial charge in [-0.1, -0.05) is 78.4 Å². The van der Waals surface area contributed by atoms with Crippen LogP contribution in [0, 0.1) is 6.92 Å². The van der Waals surface area contributed by atoms with Crippen LogP contribution >= 0.6 is 0 Å². The predicted molar refractivity (Wildman–Crippen MR) is 133 cm³/mol. The Morgan fingerprint density at radius 3 is 2.38 bits per heavy atom. The molecule has 1 aromatic heterocycles. The van der Waals surface area contributed by atoms with Crippen LogP contribution in [0.25, 0.3) is 10.9 Å². The van der Waals surface area contributed by atoms with Crippen LogP contribution in [0.3, 0.4) is 0 Å². The molecule has 3 heteroatoms. The smallest absolute Gasteiger partial charge is 0.220 e. The summed E-state index contributed by atoms with van der Waals surface area (Å²) < 4.78 is 2.30. The molecule has 164 valence electrons. The van der Waals surface area contributed by atoms with E-state index < -0.39 is 0 Å². The number of nitrogens with one attached hydrogen (secondary N) is 1. The highest BCUT2D eigenvalue weighted by atomic mass is 16.1. The molecule has 1 N–H and O–H groups in total. The number of hydrogen-bond donors (Lipinski definition) is 1. The second-order valence-electron chi connectivity index (χ2n) is 8.78. The molecule has 32 heavy (non-hydrogen) atoms. The van der Waals surface area contributed by atoms with Gasteiger partial charge in [-0.25, -0.2) is 0 Å². The number of carbonyl (C=O) groups excluding carboxylic acids is 1. The van der Waals surface area contributed by atoms with Gasteiger partial charge in [0.2, 0.25) is 5.91 Å². The molecule has 0 aliphatic heterocycles. The van der Waals surface area contributed by atoms with Crippen molar-refractivity contribution in [1.82, 2.24) is 9.88 Å². The van der Waals surface area contributed by atoms with E-state index in [9.17, 15) is 4.79 Å². The Morgan fingerprint density at radius 2 is 1.59 bits per heavy atom. The predicted octanol–water partition coefficient (Wildman–Crippen LogP) is 6.07. The molecule has 1 atom stereocenters. The summed E-state index contributed by atoms with van der Waals surface area (Å²) >= 11 is 0.